The summed E-state index contributed by atoms with van der Waals surface area (Å²) in [6.07, 6.45) is 0.975. The summed E-state index contributed by atoms with van der Waals surface area (Å²) in [7, 11) is 0. The maximum absolute atomic E-state index is 10.6. The van der Waals surface area contributed by atoms with Gasteiger partial charge in [0, 0.05) is 18.3 Å². The molecule has 0 N–H and O–H groups in total. The molecule has 0 heterocycles. The van der Waals surface area contributed by atoms with E-state index in [1.54, 1.807) is 0 Å². The van der Waals surface area contributed by atoms with Crippen LogP contribution >= 0.6 is 0 Å². The topological polar surface area (TPSA) is 57.2 Å². The van der Waals surface area contributed by atoms with Crippen molar-refractivity contribution in [1.29, 1.82) is 0 Å². The van der Waals surface area contributed by atoms with Gasteiger partial charge in [0.2, 0.25) is 0 Å². The van der Waals surface area contributed by atoms with Gasteiger partial charge in [0.25, 0.3) is 0 Å². The van der Waals surface area contributed by atoms with E-state index in [1.165, 1.54) is 0 Å². The summed E-state index contributed by atoms with van der Waals surface area (Å²) in [4.78, 5) is 20.8. The molecule has 0 spiro atoms. The molecule has 0 amide bonds. The molecule has 0 aromatic heterocycles. The minimum absolute atomic E-state index is 0. The minimum Gasteiger partial charge on any atom is -0.550 e. The molecule has 4 heteroatoms. The van der Waals surface area contributed by atoms with Crippen LogP contribution in [0.4, 0.5) is 0 Å². The maximum Gasteiger partial charge on any atom is 1.00 e. The molecule has 0 bridgehead atoms. The first-order valence-corrected chi connectivity index (χ1v) is 4.42. The first-order valence-electron chi connectivity index (χ1n) is 4.42. The van der Waals surface area contributed by atoms with Crippen LogP contribution in [-0.2, 0) is 16.0 Å². The number of aldehydes is 1. The van der Waals surface area contributed by atoms with Gasteiger partial charge in [-0.15, -0.1) is 0 Å². The van der Waals surface area contributed by atoms with Crippen LogP contribution < -0.4 is 56.5 Å². The van der Waals surface area contributed by atoms with E-state index < -0.39 is 11.9 Å². The molecule has 1 aromatic carbocycles. The second-order valence-electron chi connectivity index (χ2n) is 3.11. The fourth-order valence-electron chi connectivity index (χ4n) is 1.28. The second-order valence-corrected chi connectivity index (χ2v) is 3.11. The molecule has 1 aromatic rings. The van der Waals surface area contributed by atoms with Crippen LogP contribution in [0.25, 0.3) is 0 Å². The van der Waals surface area contributed by atoms with E-state index in [1.807, 2.05) is 30.3 Å². The zero-order valence-electron chi connectivity index (χ0n) is 8.68. The van der Waals surface area contributed by atoms with Crippen molar-refractivity contribution in [1.82, 2.24) is 0 Å². The number of hydrogen-bond donors (Lipinski definition) is 0. The zero-order chi connectivity index (χ0) is 10.4. The molecular formula is C11H11KO3. The summed E-state index contributed by atoms with van der Waals surface area (Å²) in [6.45, 7) is 0. The Morgan fingerprint density at radius 1 is 1.33 bits per heavy atom. The van der Waals surface area contributed by atoms with E-state index >= 15 is 0 Å². The van der Waals surface area contributed by atoms with Crippen LogP contribution in [0.15, 0.2) is 30.3 Å². The summed E-state index contributed by atoms with van der Waals surface area (Å²) in [5, 5.41) is 10.6. The molecule has 74 valence electrons. The smallest absolute Gasteiger partial charge is 0.550 e. The van der Waals surface area contributed by atoms with Gasteiger partial charge >= 0.3 is 51.4 Å². The Hall–Kier alpha value is -0.00364. The summed E-state index contributed by atoms with van der Waals surface area (Å²) >= 11 is 0. The first-order chi connectivity index (χ1) is 6.74. The van der Waals surface area contributed by atoms with Gasteiger partial charge in [-0.1, -0.05) is 30.3 Å². The van der Waals surface area contributed by atoms with Gasteiger partial charge in [-0.3, -0.25) is 0 Å². The number of hydrogen-bond acceptors (Lipinski definition) is 3. The van der Waals surface area contributed by atoms with E-state index in [9.17, 15) is 14.7 Å². The van der Waals surface area contributed by atoms with Gasteiger partial charge in [0.1, 0.15) is 6.29 Å². The Morgan fingerprint density at radius 3 is 2.40 bits per heavy atom. The van der Waals surface area contributed by atoms with Crippen molar-refractivity contribution >= 4 is 12.3 Å². The van der Waals surface area contributed by atoms with Crippen LogP contribution in [0.5, 0.6) is 0 Å². The number of carboxylic acid groups (broad SMARTS) is 1. The molecule has 0 saturated carbocycles. The van der Waals surface area contributed by atoms with Gasteiger partial charge < -0.3 is 14.7 Å². The summed E-state index contributed by atoms with van der Waals surface area (Å²) < 4.78 is 0. The van der Waals surface area contributed by atoms with Crippen LogP contribution in [0, 0.1) is 5.92 Å². The summed E-state index contributed by atoms with van der Waals surface area (Å²) in [5.74, 6) is -1.88. The molecule has 15 heavy (non-hydrogen) atoms. The number of rotatable bonds is 5. The molecule has 0 radical (unpaired) electrons. The summed E-state index contributed by atoms with van der Waals surface area (Å²) in [6, 6.07) is 9.20. The van der Waals surface area contributed by atoms with E-state index in [2.05, 4.69) is 0 Å². The largest absolute Gasteiger partial charge is 1.00 e. The Balaban J connectivity index is 0.00000196. The maximum atomic E-state index is 10.6. The molecule has 0 unspecified atom stereocenters. The van der Waals surface area contributed by atoms with Gasteiger partial charge in [0.05, 0.1) is 0 Å². The molecule has 0 aliphatic rings. The molecular weight excluding hydrogens is 219 g/mol. The second kappa shape index (κ2) is 8.18. The van der Waals surface area contributed by atoms with Gasteiger partial charge in [-0.25, -0.2) is 0 Å². The average Bonchev–Trinajstić information content (AvgIpc) is 2.18. The standard InChI is InChI=1S/C11H12O3.K/c12-7-6-10(11(13)14)8-9-4-2-1-3-5-9;/h1-5,7,10H,6,8H2,(H,13,14);/q;+1/p-1/t10-;/m0./s1. The zero-order valence-corrected chi connectivity index (χ0v) is 11.8. The fraction of sp³-hybridized carbons (Fsp3) is 0.273. The number of carboxylic acids is 1. The Bertz CT molecular complexity index is 311. The molecule has 0 saturated heterocycles. The first kappa shape index (κ1) is 15.0. The van der Waals surface area contributed by atoms with Crippen molar-refractivity contribution in [3.8, 4) is 0 Å². The molecule has 0 aliphatic carbocycles. The van der Waals surface area contributed by atoms with Crippen molar-refractivity contribution in [2.75, 3.05) is 0 Å². The SMILES string of the molecule is O=CC[C@@H](Cc1ccccc1)C(=O)[O-].[K+]. The predicted octanol–water partition coefficient (Wildman–Crippen LogP) is -2.81. The molecule has 0 fully saturated rings. The number of carbonyl (C=O) groups is 2. The van der Waals surface area contributed by atoms with Gasteiger partial charge in [0.15, 0.2) is 0 Å². The predicted molar refractivity (Wildman–Crippen MR) is 49.3 cm³/mol. The molecule has 1 atom stereocenters. The van der Waals surface area contributed by atoms with Crippen molar-refractivity contribution in [2.24, 2.45) is 5.92 Å². The van der Waals surface area contributed by atoms with E-state index in [4.69, 9.17) is 0 Å². The third kappa shape index (κ3) is 5.58. The van der Waals surface area contributed by atoms with Crippen molar-refractivity contribution < 1.29 is 66.1 Å². The number of carbonyl (C=O) groups excluding carboxylic acids is 2. The average molecular weight is 230 g/mol. The number of aliphatic carboxylic acids is 1. The number of benzene rings is 1. The van der Waals surface area contributed by atoms with Crippen LogP contribution in [0.2, 0.25) is 0 Å². The minimum atomic E-state index is -1.17. The van der Waals surface area contributed by atoms with Crippen LogP contribution in [-0.4, -0.2) is 12.3 Å². The van der Waals surface area contributed by atoms with E-state index in [0.717, 1.165) is 5.56 Å². The Labute approximate surface area is 131 Å². The van der Waals surface area contributed by atoms with Crippen molar-refractivity contribution in [2.45, 2.75) is 12.8 Å². The normalized spacial score (nSPS) is 11.2. The summed E-state index contributed by atoms with van der Waals surface area (Å²) in [5.41, 5.74) is 0.906. The quantitative estimate of drug-likeness (QED) is 0.405. The van der Waals surface area contributed by atoms with E-state index in [-0.39, 0.29) is 57.8 Å². The molecule has 0 aliphatic heterocycles. The third-order valence-corrected chi connectivity index (χ3v) is 2.04. The Morgan fingerprint density at radius 2 is 1.93 bits per heavy atom. The van der Waals surface area contributed by atoms with Crippen LogP contribution in [0.3, 0.4) is 0 Å². The monoisotopic (exact) mass is 230 g/mol. The molecule has 1 rings (SSSR count). The van der Waals surface area contributed by atoms with Gasteiger partial charge in [-0.2, -0.15) is 0 Å². The van der Waals surface area contributed by atoms with Crippen molar-refractivity contribution in [3.63, 3.8) is 0 Å². The molecule has 3 nitrogen and oxygen atoms in total. The van der Waals surface area contributed by atoms with Gasteiger partial charge in [-0.05, 0) is 12.0 Å². The van der Waals surface area contributed by atoms with Crippen LogP contribution in [0.1, 0.15) is 12.0 Å². The van der Waals surface area contributed by atoms with Crippen molar-refractivity contribution in [3.05, 3.63) is 35.9 Å². The third-order valence-electron chi connectivity index (χ3n) is 2.04. The Kier molecular flexibility index (Phi) is 8.18. The van der Waals surface area contributed by atoms with E-state index in [0.29, 0.717) is 12.7 Å². The fourth-order valence-corrected chi connectivity index (χ4v) is 1.28.